The molecule has 14 heavy (non-hydrogen) atoms. The number of rotatable bonds is 3. The maximum atomic E-state index is 10.7. The zero-order valence-corrected chi connectivity index (χ0v) is 8.08. The van der Waals surface area contributed by atoms with Crippen LogP contribution in [0, 0.1) is 11.3 Å². The van der Waals surface area contributed by atoms with Crippen LogP contribution in [0.5, 0.6) is 0 Å². The van der Waals surface area contributed by atoms with E-state index in [0.717, 1.165) is 17.5 Å². The monoisotopic (exact) mass is 188 g/mol. The van der Waals surface area contributed by atoms with Crippen LogP contribution in [-0.4, -0.2) is 5.91 Å². The van der Waals surface area contributed by atoms with Crippen LogP contribution in [0.3, 0.4) is 0 Å². The van der Waals surface area contributed by atoms with Crippen LogP contribution in [0.1, 0.15) is 23.6 Å². The second kappa shape index (κ2) is 4.43. The molecule has 0 saturated carbocycles. The van der Waals surface area contributed by atoms with Gasteiger partial charge in [0.15, 0.2) is 0 Å². The Bertz CT molecular complexity index is 391. The summed E-state index contributed by atoms with van der Waals surface area (Å²) in [6.07, 6.45) is 1.05. The van der Waals surface area contributed by atoms with Gasteiger partial charge in [-0.05, 0) is 29.7 Å². The van der Waals surface area contributed by atoms with Crippen molar-refractivity contribution < 1.29 is 4.79 Å². The molecular weight excluding hydrogens is 176 g/mol. The van der Waals surface area contributed by atoms with E-state index >= 15 is 0 Å². The van der Waals surface area contributed by atoms with Gasteiger partial charge < -0.3 is 5.73 Å². The van der Waals surface area contributed by atoms with Crippen molar-refractivity contribution in [3.8, 4) is 6.07 Å². The Labute approximate surface area is 83.2 Å². The lowest BCUT2D eigenvalue weighted by atomic mass is 10.0. The second-order valence-corrected chi connectivity index (χ2v) is 3.15. The normalized spacial score (nSPS) is 9.43. The minimum absolute atomic E-state index is 0.197. The Kier molecular flexibility index (Phi) is 3.24. The minimum atomic E-state index is -0.373. The van der Waals surface area contributed by atoms with Crippen molar-refractivity contribution in [3.63, 3.8) is 0 Å². The molecule has 0 saturated heterocycles. The number of carbonyl (C=O) groups is 1. The van der Waals surface area contributed by atoms with Gasteiger partial charge in [0.05, 0.1) is 18.1 Å². The molecule has 0 radical (unpaired) electrons. The molecule has 72 valence electrons. The highest BCUT2D eigenvalue weighted by molar-refractivity contribution is 5.76. The van der Waals surface area contributed by atoms with E-state index < -0.39 is 0 Å². The van der Waals surface area contributed by atoms with E-state index in [1.165, 1.54) is 0 Å². The number of nitriles is 1. The molecule has 0 aliphatic rings. The van der Waals surface area contributed by atoms with Crippen molar-refractivity contribution in [2.45, 2.75) is 19.8 Å². The average Bonchev–Trinajstić information content (AvgIpc) is 2.16. The van der Waals surface area contributed by atoms with Crippen LogP contribution in [0.25, 0.3) is 0 Å². The molecule has 1 amide bonds. The van der Waals surface area contributed by atoms with E-state index in [2.05, 4.69) is 6.07 Å². The Balaban J connectivity index is 3.05. The largest absolute Gasteiger partial charge is 0.369 e. The lowest BCUT2D eigenvalue weighted by Gasteiger charge is -2.02. The van der Waals surface area contributed by atoms with Crippen molar-refractivity contribution in [3.05, 3.63) is 34.9 Å². The quantitative estimate of drug-likeness (QED) is 0.773. The van der Waals surface area contributed by atoms with Gasteiger partial charge in [0.1, 0.15) is 0 Å². The fourth-order valence-corrected chi connectivity index (χ4v) is 1.33. The number of hydrogen-bond acceptors (Lipinski definition) is 2. The molecule has 0 atom stereocenters. The van der Waals surface area contributed by atoms with Gasteiger partial charge in [-0.3, -0.25) is 4.79 Å². The van der Waals surface area contributed by atoms with Gasteiger partial charge >= 0.3 is 0 Å². The summed E-state index contributed by atoms with van der Waals surface area (Å²) in [5.74, 6) is -0.373. The topological polar surface area (TPSA) is 66.9 Å². The fraction of sp³-hybridized carbons (Fsp3) is 0.273. The van der Waals surface area contributed by atoms with Crippen LogP contribution in [0.15, 0.2) is 18.2 Å². The minimum Gasteiger partial charge on any atom is -0.369 e. The SMILES string of the molecule is CCc1cc(C#N)cc(CC(N)=O)c1. The molecular formula is C11H12N2O. The molecule has 1 aromatic rings. The van der Waals surface area contributed by atoms with Gasteiger partial charge in [-0.1, -0.05) is 13.0 Å². The van der Waals surface area contributed by atoms with Crippen molar-refractivity contribution in [1.29, 1.82) is 5.26 Å². The predicted molar refractivity (Wildman–Crippen MR) is 53.4 cm³/mol. The molecule has 3 nitrogen and oxygen atoms in total. The molecule has 3 heteroatoms. The van der Waals surface area contributed by atoms with Crippen molar-refractivity contribution in [1.82, 2.24) is 0 Å². The van der Waals surface area contributed by atoms with Crippen LogP contribution in [0.4, 0.5) is 0 Å². The summed E-state index contributed by atoms with van der Waals surface area (Å²) in [4.78, 5) is 10.7. The Morgan fingerprint density at radius 2 is 2.07 bits per heavy atom. The standard InChI is InChI=1S/C11H12N2O/c1-2-8-3-9(6-11(13)14)5-10(4-8)7-12/h3-5H,2,6H2,1H3,(H2,13,14). The predicted octanol–water partition coefficient (Wildman–Crippen LogP) is 1.15. The summed E-state index contributed by atoms with van der Waals surface area (Å²) in [5, 5.41) is 8.75. The summed E-state index contributed by atoms with van der Waals surface area (Å²) in [5.41, 5.74) is 7.54. The smallest absolute Gasteiger partial charge is 0.221 e. The first-order chi connectivity index (χ1) is 6.65. The Morgan fingerprint density at radius 3 is 2.57 bits per heavy atom. The first-order valence-corrected chi connectivity index (χ1v) is 4.47. The third-order valence-electron chi connectivity index (χ3n) is 1.97. The average molecular weight is 188 g/mol. The van der Waals surface area contributed by atoms with Gasteiger partial charge in [0, 0.05) is 0 Å². The molecule has 2 N–H and O–H groups in total. The van der Waals surface area contributed by atoms with Crippen LogP contribution in [0.2, 0.25) is 0 Å². The van der Waals surface area contributed by atoms with Gasteiger partial charge in [-0.25, -0.2) is 0 Å². The van der Waals surface area contributed by atoms with Crippen molar-refractivity contribution >= 4 is 5.91 Å². The van der Waals surface area contributed by atoms with Gasteiger partial charge in [0.25, 0.3) is 0 Å². The molecule has 1 aromatic carbocycles. The number of amides is 1. The molecule has 0 aliphatic heterocycles. The van der Waals surface area contributed by atoms with Crippen LogP contribution in [-0.2, 0) is 17.6 Å². The Hall–Kier alpha value is -1.82. The molecule has 0 unspecified atom stereocenters. The first kappa shape index (κ1) is 10.3. The third kappa shape index (κ3) is 2.60. The maximum Gasteiger partial charge on any atom is 0.221 e. The van der Waals surface area contributed by atoms with Gasteiger partial charge in [0.2, 0.25) is 5.91 Å². The van der Waals surface area contributed by atoms with E-state index in [1.807, 2.05) is 19.1 Å². The summed E-state index contributed by atoms with van der Waals surface area (Å²) >= 11 is 0. The zero-order chi connectivity index (χ0) is 10.6. The van der Waals surface area contributed by atoms with Gasteiger partial charge in [-0.2, -0.15) is 5.26 Å². The second-order valence-electron chi connectivity index (χ2n) is 3.15. The highest BCUT2D eigenvalue weighted by atomic mass is 16.1. The molecule has 0 heterocycles. The Morgan fingerprint density at radius 1 is 1.43 bits per heavy atom. The molecule has 0 aromatic heterocycles. The van der Waals surface area contributed by atoms with Crippen molar-refractivity contribution in [2.24, 2.45) is 5.73 Å². The number of nitrogens with zero attached hydrogens (tertiary/aromatic N) is 1. The highest BCUT2D eigenvalue weighted by Gasteiger charge is 2.02. The number of nitrogens with two attached hydrogens (primary N) is 1. The number of benzene rings is 1. The van der Waals surface area contributed by atoms with E-state index in [4.69, 9.17) is 11.0 Å². The molecule has 0 bridgehead atoms. The molecule has 0 fully saturated rings. The summed E-state index contributed by atoms with van der Waals surface area (Å²) in [6.45, 7) is 2.00. The number of carbonyl (C=O) groups excluding carboxylic acids is 1. The van der Waals surface area contributed by atoms with E-state index in [9.17, 15) is 4.79 Å². The van der Waals surface area contributed by atoms with E-state index in [0.29, 0.717) is 5.56 Å². The van der Waals surface area contributed by atoms with Crippen LogP contribution >= 0.6 is 0 Å². The number of aryl methyl sites for hydroxylation is 1. The molecule has 1 rings (SSSR count). The third-order valence-corrected chi connectivity index (χ3v) is 1.97. The number of hydrogen-bond donors (Lipinski definition) is 1. The lowest BCUT2D eigenvalue weighted by Crippen LogP contribution is -2.13. The van der Waals surface area contributed by atoms with E-state index in [-0.39, 0.29) is 12.3 Å². The number of primary amides is 1. The first-order valence-electron chi connectivity index (χ1n) is 4.47. The summed E-state index contributed by atoms with van der Waals surface area (Å²) in [6, 6.07) is 7.49. The zero-order valence-electron chi connectivity index (χ0n) is 8.08. The summed E-state index contributed by atoms with van der Waals surface area (Å²) < 4.78 is 0. The maximum absolute atomic E-state index is 10.7. The molecule has 0 aliphatic carbocycles. The highest BCUT2D eigenvalue weighted by Crippen LogP contribution is 2.10. The lowest BCUT2D eigenvalue weighted by molar-refractivity contribution is -0.117. The van der Waals surface area contributed by atoms with Crippen LogP contribution < -0.4 is 5.73 Å². The fourth-order valence-electron chi connectivity index (χ4n) is 1.33. The van der Waals surface area contributed by atoms with Gasteiger partial charge in [-0.15, -0.1) is 0 Å². The van der Waals surface area contributed by atoms with E-state index in [1.54, 1.807) is 6.07 Å². The summed E-state index contributed by atoms with van der Waals surface area (Å²) in [7, 11) is 0. The molecule has 0 spiro atoms. The van der Waals surface area contributed by atoms with Crippen molar-refractivity contribution in [2.75, 3.05) is 0 Å².